The number of hydrogen-bond acceptors (Lipinski definition) is 9. The first-order valence-electron chi connectivity index (χ1n) is 9.94. The maximum Gasteiger partial charge on any atom is 0.301 e. The summed E-state index contributed by atoms with van der Waals surface area (Å²) in [7, 11) is 5.02. The van der Waals surface area contributed by atoms with Crippen LogP contribution in [0.2, 0.25) is 10.0 Å². The summed E-state index contributed by atoms with van der Waals surface area (Å²) in [6.45, 7) is -0.140. The fourth-order valence-electron chi connectivity index (χ4n) is 2.74. The second-order valence-electron chi connectivity index (χ2n) is 7.17. The van der Waals surface area contributed by atoms with Crippen molar-refractivity contribution in [2.75, 3.05) is 18.5 Å². The van der Waals surface area contributed by atoms with Crippen LogP contribution in [0.15, 0.2) is 54.9 Å². The lowest BCUT2D eigenvalue weighted by molar-refractivity contribution is -0.346. The molecule has 1 aromatic carbocycles. The Kier molecular flexibility index (Phi) is 10.1. The zero-order valence-electron chi connectivity index (χ0n) is 18.1. The maximum atomic E-state index is 11.9. The molecule has 0 aliphatic carbocycles. The van der Waals surface area contributed by atoms with E-state index in [4.69, 9.17) is 36.2 Å². The molecule has 14 heteroatoms. The fraction of sp³-hybridized carbons (Fsp3) is 0.238. The summed E-state index contributed by atoms with van der Waals surface area (Å²) in [5.74, 6) is -4.19. The van der Waals surface area contributed by atoms with Crippen LogP contribution >= 0.6 is 23.2 Å². The van der Waals surface area contributed by atoms with Crippen LogP contribution in [0.5, 0.6) is 0 Å². The number of aromatic nitrogens is 2. The van der Waals surface area contributed by atoms with Gasteiger partial charge in [-0.05, 0) is 24.3 Å². The second-order valence-corrected chi connectivity index (χ2v) is 8.02. The Morgan fingerprint density at radius 3 is 2.29 bits per heavy atom. The summed E-state index contributed by atoms with van der Waals surface area (Å²) >= 11 is 11.6. The van der Waals surface area contributed by atoms with Crippen LogP contribution in [0.25, 0.3) is 11.1 Å². The van der Waals surface area contributed by atoms with Gasteiger partial charge in [0.05, 0.1) is 11.6 Å². The molecule has 2 heterocycles. The Hall–Kier alpha value is -2.68. The van der Waals surface area contributed by atoms with Crippen LogP contribution in [0.3, 0.4) is 0 Å². The predicted octanol–water partition coefficient (Wildman–Crippen LogP) is 0.0103. The maximum absolute atomic E-state index is 11.9. The van der Waals surface area contributed by atoms with Crippen molar-refractivity contribution in [1.82, 2.24) is 15.3 Å². The molecule has 9 N–H and O–H groups in total. The third kappa shape index (κ3) is 8.80. The number of aliphatic hydroxyl groups is 6. The SMILES string of the molecule is Clc1ccccc1.[B]C(O)(O)C(Nc1cc(-c2c[nH]c(C(=O)NCCO)c2)c(Cl)cn1)C(O)(O)O. The molecule has 0 saturated carbocycles. The normalized spacial score (nSPS) is 12.3. The molecule has 0 aliphatic heterocycles. The van der Waals surface area contributed by atoms with Gasteiger partial charge in [0.25, 0.3) is 5.91 Å². The summed E-state index contributed by atoms with van der Waals surface area (Å²) in [5, 5.41) is 61.0. The summed E-state index contributed by atoms with van der Waals surface area (Å²) in [6, 6.07) is 9.95. The number of pyridine rings is 1. The van der Waals surface area contributed by atoms with Crippen LogP contribution in [-0.2, 0) is 0 Å². The van der Waals surface area contributed by atoms with Crippen LogP contribution < -0.4 is 10.6 Å². The molecular formula is C21H23BCl2N4O7. The average Bonchev–Trinajstić information content (AvgIpc) is 3.26. The average molecular weight is 525 g/mol. The first-order chi connectivity index (χ1) is 16.3. The lowest BCUT2D eigenvalue weighted by Gasteiger charge is -2.35. The van der Waals surface area contributed by atoms with Crippen LogP contribution in [-0.4, -0.2) is 85.2 Å². The van der Waals surface area contributed by atoms with E-state index < -0.39 is 23.6 Å². The van der Waals surface area contributed by atoms with Gasteiger partial charge in [0, 0.05) is 35.1 Å². The molecule has 0 spiro atoms. The number of nitrogens with zero attached hydrogens (tertiary/aromatic N) is 1. The number of H-pyrrole nitrogens is 1. The molecule has 186 valence electrons. The Morgan fingerprint density at radius 2 is 1.77 bits per heavy atom. The molecule has 2 radical (unpaired) electrons. The molecule has 35 heavy (non-hydrogen) atoms. The van der Waals surface area contributed by atoms with E-state index in [0.717, 1.165) is 5.02 Å². The van der Waals surface area contributed by atoms with Gasteiger partial charge in [-0.1, -0.05) is 41.4 Å². The van der Waals surface area contributed by atoms with Gasteiger partial charge in [-0.2, -0.15) is 0 Å². The highest BCUT2D eigenvalue weighted by atomic mass is 35.5. The number of carbonyl (C=O) groups excluding carboxylic acids is 1. The largest absolute Gasteiger partial charge is 0.395 e. The number of anilines is 1. The Balaban J connectivity index is 0.000000527. The van der Waals surface area contributed by atoms with E-state index in [-0.39, 0.29) is 29.7 Å². The second kappa shape index (κ2) is 12.3. The number of carbonyl (C=O) groups is 1. The van der Waals surface area contributed by atoms with Gasteiger partial charge in [-0.15, -0.1) is 0 Å². The molecular weight excluding hydrogens is 502 g/mol. The Bertz CT molecular complexity index is 1090. The van der Waals surface area contributed by atoms with Gasteiger partial charge in [-0.3, -0.25) is 4.79 Å². The van der Waals surface area contributed by atoms with Crippen molar-refractivity contribution in [2.45, 2.75) is 17.7 Å². The van der Waals surface area contributed by atoms with Crippen molar-refractivity contribution < 1.29 is 35.4 Å². The van der Waals surface area contributed by atoms with Crippen LogP contribution in [0.1, 0.15) is 10.5 Å². The minimum Gasteiger partial charge on any atom is -0.395 e. The third-order valence-corrected chi connectivity index (χ3v) is 4.88. The van der Waals surface area contributed by atoms with Gasteiger partial charge in [0.15, 0.2) is 13.9 Å². The van der Waals surface area contributed by atoms with E-state index in [1.165, 1.54) is 24.5 Å². The van der Waals surface area contributed by atoms with Gasteiger partial charge in [0.1, 0.15) is 17.2 Å². The fourth-order valence-corrected chi connectivity index (χ4v) is 3.09. The zero-order chi connectivity index (χ0) is 26.2. The quantitative estimate of drug-likeness (QED) is 0.144. The van der Waals surface area contributed by atoms with Gasteiger partial charge < -0.3 is 46.3 Å². The van der Waals surface area contributed by atoms with Gasteiger partial charge >= 0.3 is 5.97 Å². The van der Waals surface area contributed by atoms with E-state index in [2.05, 4.69) is 20.6 Å². The van der Waals surface area contributed by atoms with Crippen molar-refractivity contribution >= 4 is 42.8 Å². The molecule has 1 unspecified atom stereocenters. The minimum absolute atomic E-state index is 0.0764. The van der Waals surface area contributed by atoms with E-state index in [1.807, 2.05) is 30.3 Å². The standard InChI is InChI=1S/C15H18BClN4O7.C6H5Cl/c16-14(24,25)13(15(26,27)28)21-11-4-8(9(17)6-20-11)7-3-10(19-5-7)12(23)18-1-2-22;7-6-4-2-1-3-5-6/h3-6,13,19,22,24-28H,1-2H2,(H,18,23)(H,20,21);1-5H. The number of aliphatic hydroxyl groups excluding tert-OH is 1. The molecule has 11 nitrogen and oxygen atoms in total. The first-order valence-corrected chi connectivity index (χ1v) is 10.7. The Morgan fingerprint density at radius 1 is 1.11 bits per heavy atom. The van der Waals surface area contributed by atoms with E-state index >= 15 is 0 Å². The summed E-state index contributed by atoms with van der Waals surface area (Å²) in [4.78, 5) is 18.5. The zero-order valence-corrected chi connectivity index (χ0v) is 19.6. The van der Waals surface area contributed by atoms with E-state index in [1.54, 1.807) is 0 Å². The van der Waals surface area contributed by atoms with Gasteiger partial charge in [-0.25, -0.2) is 4.98 Å². The van der Waals surface area contributed by atoms with Crippen molar-refractivity contribution in [3.05, 3.63) is 70.6 Å². The highest BCUT2D eigenvalue weighted by molar-refractivity contribution is 6.33. The smallest absolute Gasteiger partial charge is 0.301 e. The molecule has 0 bridgehead atoms. The molecule has 3 aromatic rings. The molecule has 1 amide bonds. The number of nitrogens with one attached hydrogen (secondary N) is 3. The van der Waals surface area contributed by atoms with Crippen molar-refractivity contribution in [3.63, 3.8) is 0 Å². The topological polar surface area (TPSA) is 191 Å². The third-order valence-electron chi connectivity index (χ3n) is 4.33. The lowest BCUT2D eigenvalue weighted by Crippen LogP contribution is -2.61. The van der Waals surface area contributed by atoms with Crippen molar-refractivity contribution in [2.24, 2.45) is 0 Å². The predicted molar refractivity (Wildman–Crippen MR) is 130 cm³/mol. The van der Waals surface area contributed by atoms with Gasteiger partial charge in [0.2, 0.25) is 0 Å². The van der Waals surface area contributed by atoms with Crippen molar-refractivity contribution in [3.8, 4) is 11.1 Å². The molecule has 3 rings (SSSR count). The number of rotatable bonds is 8. The number of amides is 1. The highest BCUT2D eigenvalue weighted by Crippen LogP contribution is 2.31. The lowest BCUT2D eigenvalue weighted by atomic mass is 9.86. The molecule has 1 atom stereocenters. The highest BCUT2D eigenvalue weighted by Gasteiger charge is 2.44. The summed E-state index contributed by atoms with van der Waals surface area (Å²) in [6.07, 6.45) is 2.64. The van der Waals surface area contributed by atoms with E-state index in [0.29, 0.717) is 11.1 Å². The van der Waals surface area contributed by atoms with E-state index in [9.17, 15) is 30.3 Å². The number of hydrogen-bond donors (Lipinski definition) is 9. The monoisotopic (exact) mass is 524 g/mol. The van der Waals surface area contributed by atoms with Crippen LogP contribution in [0.4, 0.5) is 5.82 Å². The molecule has 2 aromatic heterocycles. The molecule has 0 saturated heterocycles. The first kappa shape index (κ1) is 28.6. The summed E-state index contributed by atoms with van der Waals surface area (Å²) < 4.78 is 0. The minimum atomic E-state index is -3.59. The summed E-state index contributed by atoms with van der Waals surface area (Å²) in [5.41, 5.74) is -2.23. The molecule has 0 aliphatic rings. The molecule has 0 fully saturated rings. The Labute approximate surface area is 211 Å². The number of aromatic amines is 1. The van der Waals surface area contributed by atoms with Crippen LogP contribution in [0, 0.1) is 0 Å². The number of halogens is 2. The number of benzene rings is 1. The van der Waals surface area contributed by atoms with Crippen molar-refractivity contribution in [1.29, 1.82) is 0 Å².